The summed E-state index contributed by atoms with van der Waals surface area (Å²) in [6.07, 6.45) is 5.01. The van der Waals surface area contributed by atoms with Gasteiger partial charge in [-0.1, -0.05) is 42.1 Å². The van der Waals surface area contributed by atoms with E-state index in [0.29, 0.717) is 0 Å². The van der Waals surface area contributed by atoms with Gasteiger partial charge in [-0.25, -0.2) is 0 Å². The number of benzene rings is 1. The molecule has 0 radical (unpaired) electrons. The highest BCUT2D eigenvalue weighted by Crippen LogP contribution is 2.22. The molecular formula is C11H11NS. The van der Waals surface area contributed by atoms with E-state index < -0.39 is 0 Å². The van der Waals surface area contributed by atoms with Crippen molar-refractivity contribution in [3.05, 3.63) is 58.6 Å². The van der Waals surface area contributed by atoms with Gasteiger partial charge in [-0.2, -0.15) is 0 Å². The molecule has 1 heterocycles. The van der Waals surface area contributed by atoms with Crippen LogP contribution in [0.2, 0.25) is 0 Å². The van der Waals surface area contributed by atoms with Crippen molar-refractivity contribution >= 4 is 11.8 Å². The van der Waals surface area contributed by atoms with Crippen LogP contribution in [-0.2, 0) is 6.42 Å². The minimum atomic E-state index is 1.02. The second-order valence-corrected chi connectivity index (χ2v) is 3.89. The molecule has 1 aliphatic heterocycles. The van der Waals surface area contributed by atoms with Gasteiger partial charge in [0.2, 0.25) is 0 Å². The third kappa shape index (κ3) is 2.39. The van der Waals surface area contributed by atoms with Gasteiger partial charge in [0.1, 0.15) is 0 Å². The summed E-state index contributed by atoms with van der Waals surface area (Å²) in [7, 11) is 0. The number of nitrogens with one attached hydrogen (secondary N) is 1. The quantitative estimate of drug-likeness (QED) is 0.767. The van der Waals surface area contributed by atoms with Gasteiger partial charge in [-0.05, 0) is 11.0 Å². The lowest BCUT2D eigenvalue weighted by atomic mass is 10.1. The number of hydrogen-bond acceptors (Lipinski definition) is 2. The molecule has 1 aliphatic rings. The highest BCUT2D eigenvalue weighted by Gasteiger charge is 2.00. The van der Waals surface area contributed by atoms with E-state index in [1.807, 2.05) is 12.3 Å². The van der Waals surface area contributed by atoms with Crippen molar-refractivity contribution < 1.29 is 0 Å². The van der Waals surface area contributed by atoms with Crippen LogP contribution in [0.5, 0.6) is 0 Å². The average Bonchev–Trinajstić information content (AvgIpc) is 2.21. The summed E-state index contributed by atoms with van der Waals surface area (Å²) >= 11 is 1.78. The fraction of sp³-hybridized carbons (Fsp3) is 0.0909. The minimum absolute atomic E-state index is 1.02. The van der Waals surface area contributed by atoms with Gasteiger partial charge in [0.05, 0.1) is 0 Å². The zero-order valence-corrected chi connectivity index (χ0v) is 8.05. The second-order valence-electron chi connectivity index (χ2n) is 2.86. The predicted molar refractivity (Wildman–Crippen MR) is 58.1 cm³/mol. The van der Waals surface area contributed by atoms with Crippen LogP contribution < -0.4 is 5.32 Å². The van der Waals surface area contributed by atoms with E-state index in [-0.39, 0.29) is 0 Å². The van der Waals surface area contributed by atoms with Crippen LogP contribution in [0.3, 0.4) is 0 Å². The monoisotopic (exact) mass is 189 g/mol. The SMILES string of the molecule is C1=CSC(Cc2ccccc2)=CN1. The molecule has 0 spiro atoms. The zero-order valence-electron chi connectivity index (χ0n) is 7.23. The van der Waals surface area contributed by atoms with Crippen molar-refractivity contribution in [1.29, 1.82) is 0 Å². The van der Waals surface area contributed by atoms with Gasteiger partial charge < -0.3 is 5.32 Å². The fourth-order valence-electron chi connectivity index (χ4n) is 1.23. The molecule has 1 nitrogen and oxygen atoms in total. The van der Waals surface area contributed by atoms with Gasteiger partial charge in [0.15, 0.2) is 0 Å². The fourth-order valence-corrected chi connectivity index (χ4v) is 1.93. The maximum atomic E-state index is 3.09. The standard InChI is InChI=1S/C11H11NS/c1-2-4-10(5-3-1)8-11-9-12-6-7-13-11/h1-7,9,12H,8H2. The molecule has 1 aromatic carbocycles. The van der Waals surface area contributed by atoms with Gasteiger partial charge in [0, 0.05) is 23.7 Å². The summed E-state index contributed by atoms with van der Waals surface area (Å²) in [5.41, 5.74) is 1.36. The van der Waals surface area contributed by atoms with Gasteiger partial charge in [-0.3, -0.25) is 0 Å². The molecule has 0 aromatic heterocycles. The summed E-state index contributed by atoms with van der Waals surface area (Å²) in [4.78, 5) is 1.36. The molecule has 0 atom stereocenters. The summed E-state index contributed by atoms with van der Waals surface area (Å²) < 4.78 is 0. The molecule has 0 fully saturated rings. The molecule has 13 heavy (non-hydrogen) atoms. The molecule has 1 aromatic rings. The largest absolute Gasteiger partial charge is 0.366 e. The highest BCUT2D eigenvalue weighted by atomic mass is 32.2. The van der Waals surface area contributed by atoms with E-state index in [4.69, 9.17) is 0 Å². The minimum Gasteiger partial charge on any atom is -0.366 e. The third-order valence-corrected chi connectivity index (χ3v) is 2.69. The van der Waals surface area contributed by atoms with E-state index in [2.05, 4.69) is 41.2 Å². The maximum absolute atomic E-state index is 3.09. The first-order chi connectivity index (χ1) is 6.45. The van der Waals surface area contributed by atoms with Crippen molar-refractivity contribution in [3.8, 4) is 0 Å². The van der Waals surface area contributed by atoms with E-state index in [0.717, 1.165) is 6.42 Å². The molecule has 2 heteroatoms. The first kappa shape index (κ1) is 8.45. The molecule has 66 valence electrons. The van der Waals surface area contributed by atoms with E-state index in [1.54, 1.807) is 11.8 Å². The lowest BCUT2D eigenvalue weighted by Crippen LogP contribution is -1.99. The topological polar surface area (TPSA) is 12.0 Å². The molecule has 0 unspecified atom stereocenters. The Balaban J connectivity index is 2.02. The van der Waals surface area contributed by atoms with Crippen LogP contribution in [0.1, 0.15) is 5.56 Å². The van der Waals surface area contributed by atoms with E-state index in [9.17, 15) is 0 Å². The molecule has 2 rings (SSSR count). The summed E-state index contributed by atoms with van der Waals surface area (Å²) in [6, 6.07) is 10.5. The van der Waals surface area contributed by atoms with Crippen LogP contribution in [-0.4, -0.2) is 0 Å². The Morgan fingerprint density at radius 1 is 1.15 bits per heavy atom. The molecule has 0 bridgehead atoms. The Morgan fingerprint density at radius 2 is 2.00 bits per heavy atom. The highest BCUT2D eigenvalue weighted by molar-refractivity contribution is 8.05. The summed E-state index contributed by atoms with van der Waals surface area (Å²) in [5, 5.41) is 5.16. The molecular weight excluding hydrogens is 178 g/mol. The van der Waals surface area contributed by atoms with Crippen LogP contribution in [0.25, 0.3) is 0 Å². The maximum Gasteiger partial charge on any atom is 0.0107 e. The normalized spacial score (nSPS) is 14.9. The summed E-state index contributed by atoms with van der Waals surface area (Å²) in [5.74, 6) is 0. The van der Waals surface area contributed by atoms with Gasteiger partial charge >= 0.3 is 0 Å². The van der Waals surface area contributed by atoms with Crippen molar-refractivity contribution in [2.45, 2.75) is 6.42 Å². The average molecular weight is 189 g/mol. The third-order valence-electron chi connectivity index (χ3n) is 1.85. The Labute approximate surface area is 82.5 Å². The number of hydrogen-bond donors (Lipinski definition) is 1. The smallest absolute Gasteiger partial charge is 0.0107 e. The van der Waals surface area contributed by atoms with Gasteiger partial charge in [-0.15, -0.1) is 0 Å². The summed E-state index contributed by atoms with van der Waals surface area (Å²) in [6.45, 7) is 0. The zero-order chi connectivity index (χ0) is 8.93. The molecule has 0 aliphatic carbocycles. The van der Waals surface area contributed by atoms with Crippen LogP contribution >= 0.6 is 11.8 Å². The van der Waals surface area contributed by atoms with Crippen molar-refractivity contribution in [3.63, 3.8) is 0 Å². The van der Waals surface area contributed by atoms with Crippen LogP contribution in [0, 0.1) is 0 Å². The number of rotatable bonds is 2. The van der Waals surface area contributed by atoms with Crippen molar-refractivity contribution in [1.82, 2.24) is 5.32 Å². The van der Waals surface area contributed by atoms with E-state index >= 15 is 0 Å². The lowest BCUT2D eigenvalue weighted by Gasteiger charge is -2.08. The number of thioether (sulfide) groups is 1. The second kappa shape index (κ2) is 4.19. The van der Waals surface area contributed by atoms with Crippen molar-refractivity contribution in [2.75, 3.05) is 0 Å². The lowest BCUT2D eigenvalue weighted by molar-refractivity contribution is 1.13. The van der Waals surface area contributed by atoms with Crippen LogP contribution in [0.4, 0.5) is 0 Å². The molecule has 0 amide bonds. The molecule has 0 saturated carbocycles. The van der Waals surface area contributed by atoms with Gasteiger partial charge in [0.25, 0.3) is 0 Å². The van der Waals surface area contributed by atoms with E-state index in [1.165, 1.54) is 10.5 Å². The Hall–Kier alpha value is -1.15. The van der Waals surface area contributed by atoms with Crippen molar-refractivity contribution in [2.24, 2.45) is 0 Å². The van der Waals surface area contributed by atoms with Crippen LogP contribution in [0.15, 0.2) is 53.0 Å². The Bertz CT molecular complexity index is 327. The Morgan fingerprint density at radius 3 is 2.69 bits per heavy atom. The molecule has 0 saturated heterocycles. The Kier molecular flexibility index (Phi) is 2.72. The first-order valence-electron chi connectivity index (χ1n) is 4.26. The predicted octanol–water partition coefficient (Wildman–Crippen LogP) is 2.88. The number of allylic oxidation sites excluding steroid dienone is 1. The first-order valence-corrected chi connectivity index (χ1v) is 5.14. The molecule has 1 N–H and O–H groups in total.